The predicted octanol–water partition coefficient (Wildman–Crippen LogP) is 3.81. The molecule has 0 rings (SSSR count). The van der Waals surface area contributed by atoms with Crippen LogP contribution < -0.4 is 0 Å². The molecule has 0 aromatic rings. The van der Waals surface area contributed by atoms with E-state index in [2.05, 4.69) is 46.7 Å². The van der Waals surface area contributed by atoms with Gasteiger partial charge in [-0.15, -0.1) is 6.42 Å². The molecule has 0 aromatic carbocycles. The Labute approximate surface area is 90.4 Å². The maximum absolute atomic E-state index is 6.09. The van der Waals surface area contributed by atoms with Crippen LogP contribution in [0, 0.1) is 12.3 Å². The first kappa shape index (κ1) is 13.7. The van der Waals surface area contributed by atoms with E-state index in [4.69, 9.17) is 10.8 Å². The summed E-state index contributed by atoms with van der Waals surface area (Å²) in [7, 11) is -1.67. The van der Waals surface area contributed by atoms with Crippen LogP contribution in [0.4, 0.5) is 0 Å². The molecule has 14 heavy (non-hydrogen) atoms. The van der Waals surface area contributed by atoms with Gasteiger partial charge in [0.2, 0.25) is 0 Å². The Morgan fingerprint density at radius 3 is 2.14 bits per heavy atom. The summed E-state index contributed by atoms with van der Waals surface area (Å²) in [5, 5.41) is 0.246. The number of rotatable bonds is 4. The Morgan fingerprint density at radius 2 is 1.86 bits per heavy atom. The molecule has 0 aromatic heterocycles. The summed E-state index contributed by atoms with van der Waals surface area (Å²) in [6, 6.07) is 0. The van der Waals surface area contributed by atoms with Gasteiger partial charge >= 0.3 is 0 Å². The second-order valence-corrected chi connectivity index (χ2v) is 10.1. The van der Waals surface area contributed by atoms with Gasteiger partial charge in [-0.1, -0.05) is 40.0 Å². The lowest BCUT2D eigenvalue weighted by atomic mass is 10.2. The highest BCUT2D eigenvalue weighted by atomic mass is 28.4. The molecule has 0 aliphatic carbocycles. The first-order chi connectivity index (χ1) is 6.24. The second kappa shape index (κ2) is 5.00. The minimum Gasteiger partial charge on any atom is -0.403 e. The molecule has 0 radical (unpaired) electrons. The molecule has 0 amide bonds. The molecule has 82 valence electrons. The predicted molar refractivity (Wildman–Crippen MR) is 65.8 cm³/mol. The van der Waals surface area contributed by atoms with Gasteiger partial charge in [0.15, 0.2) is 8.32 Å². The van der Waals surface area contributed by atoms with Gasteiger partial charge in [0.1, 0.15) is 6.10 Å². The summed E-state index contributed by atoms with van der Waals surface area (Å²) in [5.41, 5.74) is 0. The normalized spacial score (nSPS) is 14.9. The van der Waals surface area contributed by atoms with Crippen LogP contribution in [-0.4, -0.2) is 14.4 Å². The molecule has 0 aliphatic rings. The molecule has 0 unspecified atom stereocenters. The lowest BCUT2D eigenvalue weighted by molar-refractivity contribution is 0.222. The van der Waals surface area contributed by atoms with E-state index in [1.54, 1.807) is 0 Å². The highest BCUT2D eigenvalue weighted by molar-refractivity contribution is 6.74. The Morgan fingerprint density at radius 1 is 1.36 bits per heavy atom. The Kier molecular flexibility index (Phi) is 4.90. The van der Waals surface area contributed by atoms with Crippen LogP contribution in [0.25, 0.3) is 0 Å². The van der Waals surface area contributed by atoms with Gasteiger partial charge in [-0.05, 0) is 24.6 Å². The number of hydrogen-bond donors (Lipinski definition) is 0. The zero-order chi connectivity index (χ0) is 11.4. The van der Waals surface area contributed by atoms with Crippen molar-refractivity contribution >= 4 is 8.32 Å². The van der Waals surface area contributed by atoms with Crippen LogP contribution in [0.15, 0.2) is 0 Å². The van der Waals surface area contributed by atoms with Gasteiger partial charge in [0.05, 0.1) is 0 Å². The van der Waals surface area contributed by atoms with Gasteiger partial charge in [0.25, 0.3) is 0 Å². The Bertz CT molecular complexity index is 207. The minimum atomic E-state index is -1.67. The zero-order valence-electron chi connectivity index (χ0n) is 10.5. The van der Waals surface area contributed by atoms with Gasteiger partial charge in [-0.3, -0.25) is 0 Å². The van der Waals surface area contributed by atoms with Crippen LogP contribution in [-0.2, 0) is 4.43 Å². The zero-order valence-corrected chi connectivity index (χ0v) is 11.5. The van der Waals surface area contributed by atoms with Crippen LogP contribution >= 0.6 is 0 Å². The van der Waals surface area contributed by atoms with Crippen molar-refractivity contribution in [3.05, 3.63) is 0 Å². The third kappa shape index (κ3) is 3.85. The second-order valence-electron chi connectivity index (χ2n) is 5.32. The summed E-state index contributed by atoms with van der Waals surface area (Å²) < 4.78 is 6.09. The van der Waals surface area contributed by atoms with Crippen LogP contribution in [0.3, 0.4) is 0 Å². The highest BCUT2D eigenvalue weighted by Crippen LogP contribution is 2.37. The first-order valence-electron chi connectivity index (χ1n) is 5.38. The van der Waals surface area contributed by atoms with Crippen molar-refractivity contribution in [3.8, 4) is 12.3 Å². The van der Waals surface area contributed by atoms with Crippen LogP contribution in [0.5, 0.6) is 0 Å². The molecule has 0 saturated carbocycles. The van der Waals surface area contributed by atoms with E-state index in [1.165, 1.54) is 0 Å². The average Bonchev–Trinajstić information content (AvgIpc) is 2.01. The fraction of sp³-hybridized carbons (Fsp3) is 0.833. The Balaban J connectivity index is 4.42. The lowest BCUT2D eigenvalue weighted by Crippen LogP contribution is -2.43. The topological polar surface area (TPSA) is 9.23 Å². The summed E-state index contributed by atoms with van der Waals surface area (Å²) >= 11 is 0. The number of terminal acetylenes is 1. The van der Waals surface area contributed by atoms with E-state index in [-0.39, 0.29) is 11.1 Å². The summed E-state index contributed by atoms with van der Waals surface area (Å²) in [5.74, 6) is 2.74. The summed E-state index contributed by atoms with van der Waals surface area (Å²) in [6.07, 6.45) is 7.53. The molecule has 0 heterocycles. The SMILES string of the molecule is C#C[C@H](CCC)O[Si](C)(C)C(C)(C)C. The van der Waals surface area contributed by atoms with E-state index in [9.17, 15) is 0 Å². The minimum absolute atomic E-state index is 0.0147. The van der Waals surface area contributed by atoms with Crippen molar-refractivity contribution in [2.45, 2.75) is 64.8 Å². The molecule has 0 spiro atoms. The van der Waals surface area contributed by atoms with E-state index in [0.717, 1.165) is 12.8 Å². The van der Waals surface area contributed by atoms with Gasteiger partial charge in [0, 0.05) is 0 Å². The first-order valence-corrected chi connectivity index (χ1v) is 8.29. The Hall–Kier alpha value is -0.263. The van der Waals surface area contributed by atoms with Crippen LogP contribution in [0.1, 0.15) is 40.5 Å². The van der Waals surface area contributed by atoms with E-state index < -0.39 is 8.32 Å². The molecule has 0 aliphatic heterocycles. The molecule has 2 heteroatoms. The maximum atomic E-state index is 6.09. The summed E-state index contributed by atoms with van der Waals surface area (Å²) in [6.45, 7) is 13.3. The fourth-order valence-electron chi connectivity index (χ4n) is 0.971. The van der Waals surface area contributed by atoms with E-state index >= 15 is 0 Å². The van der Waals surface area contributed by atoms with E-state index in [0.29, 0.717) is 0 Å². The monoisotopic (exact) mass is 212 g/mol. The fourth-order valence-corrected chi connectivity index (χ4v) is 2.22. The lowest BCUT2D eigenvalue weighted by Gasteiger charge is -2.38. The summed E-state index contributed by atoms with van der Waals surface area (Å²) in [4.78, 5) is 0. The molecule has 0 fully saturated rings. The quantitative estimate of drug-likeness (QED) is 0.508. The van der Waals surface area contributed by atoms with Crippen molar-refractivity contribution in [2.24, 2.45) is 0 Å². The van der Waals surface area contributed by atoms with Gasteiger partial charge < -0.3 is 4.43 Å². The molecule has 0 bridgehead atoms. The van der Waals surface area contributed by atoms with Crippen molar-refractivity contribution in [2.75, 3.05) is 0 Å². The van der Waals surface area contributed by atoms with Crippen molar-refractivity contribution in [1.82, 2.24) is 0 Å². The third-order valence-corrected chi connectivity index (χ3v) is 7.47. The molecule has 1 atom stereocenters. The van der Waals surface area contributed by atoms with Gasteiger partial charge in [-0.2, -0.15) is 0 Å². The smallest absolute Gasteiger partial charge is 0.193 e. The van der Waals surface area contributed by atoms with Crippen molar-refractivity contribution in [1.29, 1.82) is 0 Å². The molecule has 0 saturated heterocycles. The van der Waals surface area contributed by atoms with Gasteiger partial charge in [-0.25, -0.2) is 0 Å². The average molecular weight is 212 g/mol. The maximum Gasteiger partial charge on any atom is 0.193 e. The molecule has 0 N–H and O–H groups in total. The molecular formula is C12H24OSi. The standard InChI is InChI=1S/C12H24OSi/c1-8-10-11(9-2)13-14(6,7)12(3,4)5/h2,11H,8,10H2,1,3-7H3/t11-/m1/s1. The highest BCUT2D eigenvalue weighted by Gasteiger charge is 2.38. The third-order valence-electron chi connectivity index (χ3n) is 2.98. The molecule has 1 nitrogen and oxygen atoms in total. The molecular weight excluding hydrogens is 188 g/mol. The van der Waals surface area contributed by atoms with E-state index in [1.807, 2.05) is 0 Å². The van der Waals surface area contributed by atoms with Crippen molar-refractivity contribution < 1.29 is 4.43 Å². The largest absolute Gasteiger partial charge is 0.403 e. The van der Waals surface area contributed by atoms with Crippen molar-refractivity contribution in [3.63, 3.8) is 0 Å². The van der Waals surface area contributed by atoms with Crippen LogP contribution in [0.2, 0.25) is 18.1 Å². The number of hydrogen-bond acceptors (Lipinski definition) is 1.